The van der Waals surface area contributed by atoms with Gasteiger partial charge in [0.1, 0.15) is 5.52 Å². The monoisotopic (exact) mass is 406 g/mol. The summed E-state index contributed by atoms with van der Waals surface area (Å²) in [4.78, 5) is 43.4. The third-order valence-corrected chi connectivity index (χ3v) is 4.57. The number of rotatable bonds is 5. The quantitative estimate of drug-likeness (QED) is 0.404. The molecule has 0 saturated carbocycles. The van der Waals surface area contributed by atoms with Crippen molar-refractivity contribution in [2.24, 2.45) is 0 Å². The molecule has 4 aromatic rings. The van der Waals surface area contributed by atoms with Crippen LogP contribution in [-0.2, 0) is 0 Å². The Hall–Kier alpha value is -3.95. The molecule has 154 valence electrons. The Morgan fingerprint density at radius 2 is 1.97 bits per heavy atom. The molecule has 30 heavy (non-hydrogen) atoms. The van der Waals surface area contributed by atoms with Crippen molar-refractivity contribution in [1.82, 2.24) is 34.8 Å². The van der Waals surface area contributed by atoms with Crippen LogP contribution in [0.1, 0.15) is 26.8 Å². The smallest absolute Gasteiger partial charge is 0.326 e. The topological polar surface area (TPSA) is 133 Å². The van der Waals surface area contributed by atoms with Gasteiger partial charge in [0.05, 0.1) is 11.2 Å². The number of benzene rings is 1. The fraction of sp³-hybridized carbons (Fsp3) is 0.250. The van der Waals surface area contributed by atoms with E-state index >= 15 is 0 Å². The van der Waals surface area contributed by atoms with Crippen molar-refractivity contribution in [3.63, 3.8) is 0 Å². The molecule has 4 rings (SSSR count). The number of anilines is 1. The van der Waals surface area contributed by atoms with Gasteiger partial charge in [-0.25, -0.2) is 24.5 Å². The molecule has 0 fully saturated rings. The molecule has 0 saturated heterocycles. The van der Waals surface area contributed by atoms with E-state index in [4.69, 9.17) is 0 Å². The van der Waals surface area contributed by atoms with Gasteiger partial charge in [0.2, 0.25) is 5.95 Å². The Morgan fingerprint density at radius 1 is 1.20 bits per heavy atom. The lowest BCUT2D eigenvalue weighted by Gasteiger charge is -2.05. The molecule has 3 heterocycles. The molecular weight excluding hydrogens is 384 g/mol. The number of nitrogens with one attached hydrogen (secondary N) is 4. The third-order valence-electron chi connectivity index (χ3n) is 4.57. The Labute approximate surface area is 171 Å². The zero-order valence-corrected chi connectivity index (χ0v) is 16.9. The minimum absolute atomic E-state index is 0.0307. The predicted molar refractivity (Wildman–Crippen MR) is 114 cm³/mol. The minimum Gasteiger partial charge on any atom is -0.338 e. The Bertz CT molecular complexity index is 1250. The van der Waals surface area contributed by atoms with Crippen LogP contribution in [0.5, 0.6) is 0 Å². The molecule has 0 spiro atoms. The molecule has 2 amide bonds. The number of aromatic amines is 2. The first-order valence-electron chi connectivity index (χ1n) is 9.63. The van der Waals surface area contributed by atoms with E-state index in [9.17, 15) is 9.59 Å². The van der Waals surface area contributed by atoms with Crippen LogP contribution in [-0.4, -0.2) is 42.1 Å². The maximum Gasteiger partial charge on any atom is 0.326 e. The van der Waals surface area contributed by atoms with Crippen LogP contribution in [0.4, 0.5) is 10.7 Å². The number of H-pyrrole nitrogens is 2. The number of hydrogen-bond donors (Lipinski definition) is 4. The minimum atomic E-state index is -0.354. The summed E-state index contributed by atoms with van der Waals surface area (Å²) in [5.41, 5.74) is 3.24. The van der Waals surface area contributed by atoms with E-state index in [1.54, 1.807) is 29.2 Å². The van der Waals surface area contributed by atoms with Crippen molar-refractivity contribution in [2.45, 2.75) is 26.8 Å². The van der Waals surface area contributed by atoms with Crippen LogP contribution < -0.4 is 16.3 Å². The molecular formula is C20H22N8O2. The first kappa shape index (κ1) is 19.4. The fourth-order valence-corrected chi connectivity index (χ4v) is 3.19. The molecule has 0 aliphatic carbocycles. The van der Waals surface area contributed by atoms with Gasteiger partial charge in [0.25, 0.3) is 0 Å². The Kier molecular flexibility index (Phi) is 5.05. The van der Waals surface area contributed by atoms with Crippen LogP contribution in [0.3, 0.4) is 0 Å². The standard InChI is InChI=1S/C20H22N8O2/c1-4-21-19(29)27-18-24-14-9-12(15-10-28(11(2)3)20(30)25-15)8-13(16(14)26-18)17-22-6-5-7-23-17/h5-11H,4H2,1-3H3,(H,25,30)(H3,21,24,26,27,29). The largest absolute Gasteiger partial charge is 0.338 e. The zero-order valence-electron chi connectivity index (χ0n) is 16.9. The van der Waals surface area contributed by atoms with Gasteiger partial charge in [-0.3, -0.25) is 9.88 Å². The van der Waals surface area contributed by atoms with E-state index in [2.05, 4.69) is 35.6 Å². The summed E-state index contributed by atoms with van der Waals surface area (Å²) in [6.07, 6.45) is 5.09. The molecule has 1 aromatic carbocycles. The summed E-state index contributed by atoms with van der Waals surface area (Å²) in [5.74, 6) is 0.796. The number of nitrogens with zero attached hydrogens (tertiary/aromatic N) is 4. The summed E-state index contributed by atoms with van der Waals surface area (Å²) < 4.78 is 1.63. The fourth-order valence-electron chi connectivity index (χ4n) is 3.19. The second kappa shape index (κ2) is 7.82. The molecule has 10 heteroatoms. The van der Waals surface area contributed by atoms with Crippen LogP contribution in [0, 0.1) is 0 Å². The highest BCUT2D eigenvalue weighted by Crippen LogP contribution is 2.31. The number of aromatic nitrogens is 6. The number of fused-ring (bicyclic) bond motifs is 1. The van der Waals surface area contributed by atoms with E-state index in [1.165, 1.54) is 0 Å². The first-order chi connectivity index (χ1) is 14.5. The van der Waals surface area contributed by atoms with Gasteiger partial charge in [-0.05, 0) is 39.0 Å². The maximum absolute atomic E-state index is 12.3. The van der Waals surface area contributed by atoms with Crippen LogP contribution >= 0.6 is 0 Å². The van der Waals surface area contributed by atoms with E-state index in [-0.39, 0.29) is 17.8 Å². The van der Waals surface area contributed by atoms with Crippen molar-refractivity contribution >= 4 is 23.0 Å². The van der Waals surface area contributed by atoms with Crippen molar-refractivity contribution in [3.8, 4) is 22.6 Å². The van der Waals surface area contributed by atoms with Gasteiger partial charge in [-0.2, -0.15) is 0 Å². The Morgan fingerprint density at radius 3 is 2.63 bits per heavy atom. The molecule has 0 atom stereocenters. The average Bonchev–Trinajstić information content (AvgIpc) is 3.30. The maximum atomic E-state index is 12.3. The van der Waals surface area contributed by atoms with Gasteiger partial charge < -0.3 is 15.3 Å². The van der Waals surface area contributed by atoms with Crippen LogP contribution in [0.25, 0.3) is 33.7 Å². The molecule has 0 aliphatic rings. The van der Waals surface area contributed by atoms with Crippen LogP contribution in [0.15, 0.2) is 41.6 Å². The van der Waals surface area contributed by atoms with E-state index < -0.39 is 0 Å². The van der Waals surface area contributed by atoms with Crippen molar-refractivity contribution in [2.75, 3.05) is 11.9 Å². The normalized spacial score (nSPS) is 11.2. The summed E-state index contributed by atoms with van der Waals surface area (Å²) in [5, 5.41) is 5.34. The lowest BCUT2D eigenvalue weighted by Crippen LogP contribution is -2.28. The third kappa shape index (κ3) is 3.66. The molecule has 0 radical (unpaired) electrons. The SMILES string of the molecule is CCNC(=O)Nc1nc2c(-c3ncccn3)cc(-c3cn(C(C)C)c(=O)[nH]3)cc2[nH]1. The van der Waals surface area contributed by atoms with Crippen LogP contribution in [0.2, 0.25) is 0 Å². The highest BCUT2D eigenvalue weighted by atomic mass is 16.2. The number of carbonyl (C=O) groups excluding carboxylic acids is 1. The average molecular weight is 406 g/mol. The molecule has 3 aromatic heterocycles. The number of imidazole rings is 2. The Balaban J connectivity index is 1.87. The summed E-state index contributed by atoms with van der Waals surface area (Å²) in [6.45, 7) is 6.22. The number of amides is 2. The van der Waals surface area contributed by atoms with E-state index in [1.807, 2.05) is 32.9 Å². The number of hydrogen-bond acceptors (Lipinski definition) is 5. The second-order valence-corrected chi connectivity index (χ2v) is 7.04. The lowest BCUT2D eigenvalue weighted by atomic mass is 10.1. The van der Waals surface area contributed by atoms with Crippen molar-refractivity contribution < 1.29 is 4.79 Å². The lowest BCUT2D eigenvalue weighted by molar-refractivity contribution is 0.252. The first-order valence-corrected chi connectivity index (χ1v) is 9.63. The molecule has 0 aliphatic heterocycles. The molecule has 10 nitrogen and oxygen atoms in total. The molecule has 4 N–H and O–H groups in total. The summed E-state index contributed by atoms with van der Waals surface area (Å²) in [7, 11) is 0. The van der Waals surface area contributed by atoms with Gasteiger partial charge >= 0.3 is 11.7 Å². The molecule has 0 unspecified atom stereocenters. The van der Waals surface area contributed by atoms with E-state index in [0.29, 0.717) is 40.6 Å². The van der Waals surface area contributed by atoms with Gasteiger partial charge in [-0.1, -0.05) is 0 Å². The highest BCUT2D eigenvalue weighted by Gasteiger charge is 2.17. The number of carbonyl (C=O) groups is 1. The van der Waals surface area contributed by atoms with E-state index in [0.717, 1.165) is 5.56 Å². The zero-order chi connectivity index (χ0) is 21.3. The van der Waals surface area contributed by atoms with Gasteiger partial charge in [0.15, 0.2) is 5.82 Å². The van der Waals surface area contributed by atoms with Gasteiger partial charge in [-0.15, -0.1) is 0 Å². The summed E-state index contributed by atoms with van der Waals surface area (Å²) in [6, 6.07) is 5.16. The highest BCUT2D eigenvalue weighted by molar-refractivity contribution is 5.97. The van der Waals surface area contributed by atoms with Crippen molar-refractivity contribution in [1.29, 1.82) is 0 Å². The predicted octanol–water partition coefficient (Wildman–Crippen LogP) is 2.90. The number of urea groups is 1. The summed E-state index contributed by atoms with van der Waals surface area (Å²) >= 11 is 0. The second-order valence-electron chi connectivity index (χ2n) is 7.04. The molecule has 0 bridgehead atoms. The van der Waals surface area contributed by atoms with Gasteiger partial charge in [0, 0.05) is 42.3 Å². The van der Waals surface area contributed by atoms with Crippen molar-refractivity contribution in [3.05, 3.63) is 47.3 Å².